The fourth-order valence-electron chi connectivity index (χ4n) is 2.23. The molecule has 0 saturated heterocycles. The zero-order valence-electron chi connectivity index (χ0n) is 10.2. The van der Waals surface area contributed by atoms with Crippen molar-refractivity contribution in [3.05, 3.63) is 12.2 Å². The molecule has 1 aliphatic rings. The summed E-state index contributed by atoms with van der Waals surface area (Å²) in [5, 5.41) is 0. The minimum Gasteiger partial charge on any atom is -0.0993 e. The Bertz CT molecular complexity index is 192. The quantitative estimate of drug-likeness (QED) is 0.503. The molecular formula is C14H26. The molecule has 0 spiro atoms. The first-order valence-corrected chi connectivity index (χ1v) is 6.27. The van der Waals surface area contributed by atoms with Crippen LogP contribution in [0.4, 0.5) is 0 Å². The van der Waals surface area contributed by atoms with Gasteiger partial charge in [-0.05, 0) is 24.2 Å². The maximum atomic E-state index is 4.07. The van der Waals surface area contributed by atoms with E-state index in [2.05, 4.69) is 27.4 Å². The molecule has 0 bridgehead atoms. The highest BCUT2D eigenvalue weighted by molar-refractivity contribution is 5.27. The van der Waals surface area contributed by atoms with Crippen LogP contribution in [0.1, 0.15) is 65.7 Å². The second-order valence-corrected chi connectivity index (χ2v) is 5.48. The molecule has 1 aliphatic carbocycles. The minimum absolute atomic E-state index is 0.546. The lowest BCUT2D eigenvalue weighted by atomic mass is 9.93. The van der Waals surface area contributed by atoms with Gasteiger partial charge in [-0.15, -0.1) is 0 Å². The maximum absolute atomic E-state index is 4.07. The smallest absolute Gasteiger partial charge is 0.00815 e. The molecule has 14 heavy (non-hydrogen) atoms. The standard InChI is InChI=1S/C14H26/c1-5-6-8-12(2)9-7-10-14(4)11-13(14)3/h12H,3,5-11H2,1-2,4H3. The van der Waals surface area contributed by atoms with Crippen molar-refractivity contribution in [2.45, 2.75) is 65.7 Å². The molecule has 1 rings (SSSR count). The third-order valence-electron chi connectivity index (χ3n) is 3.81. The summed E-state index contributed by atoms with van der Waals surface area (Å²) in [5.41, 5.74) is 2.03. The normalized spacial score (nSPS) is 27.8. The van der Waals surface area contributed by atoms with E-state index < -0.39 is 0 Å². The zero-order valence-corrected chi connectivity index (χ0v) is 10.2. The van der Waals surface area contributed by atoms with Crippen LogP contribution in [0.5, 0.6) is 0 Å². The molecule has 0 aromatic heterocycles. The van der Waals surface area contributed by atoms with E-state index in [1.165, 1.54) is 50.5 Å². The summed E-state index contributed by atoms with van der Waals surface area (Å²) >= 11 is 0. The van der Waals surface area contributed by atoms with Crippen molar-refractivity contribution in [1.82, 2.24) is 0 Å². The number of hydrogen-bond acceptors (Lipinski definition) is 0. The van der Waals surface area contributed by atoms with E-state index in [0.717, 1.165) is 5.92 Å². The Labute approximate surface area is 89.8 Å². The number of allylic oxidation sites excluding steroid dienone is 1. The highest BCUT2D eigenvalue weighted by Gasteiger charge is 2.41. The van der Waals surface area contributed by atoms with Crippen molar-refractivity contribution >= 4 is 0 Å². The van der Waals surface area contributed by atoms with E-state index >= 15 is 0 Å². The van der Waals surface area contributed by atoms with Gasteiger partial charge in [-0.3, -0.25) is 0 Å². The van der Waals surface area contributed by atoms with E-state index in [4.69, 9.17) is 0 Å². The highest BCUT2D eigenvalue weighted by atomic mass is 14.5. The van der Waals surface area contributed by atoms with Crippen LogP contribution in [0.3, 0.4) is 0 Å². The average Bonchev–Trinajstić information content (AvgIpc) is 2.71. The molecule has 82 valence electrons. The predicted octanol–water partition coefficient (Wildman–Crippen LogP) is 4.95. The molecule has 2 atom stereocenters. The molecule has 0 heteroatoms. The Kier molecular flexibility index (Phi) is 4.22. The lowest BCUT2D eigenvalue weighted by molar-refractivity contribution is 0.414. The summed E-state index contributed by atoms with van der Waals surface area (Å²) in [6.07, 6.45) is 9.67. The molecule has 0 aliphatic heterocycles. The molecule has 0 aromatic carbocycles. The third-order valence-corrected chi connectivity index (χ3v) is 3.81. The van der Waals surface area contributed by atoms with Gasteiger partial charge in [0.05, 0.1) is 0 Å². The Balaban J connectivity index is 2.01. The number of hydrogen-bond donors (Lipinski definition) is 0. The average molecular weight is 194 g/mol. The minimum atomic E-state index is 0.546. The van der Waals surface area contributed by atoms with Gasteiger partial charge in [0.1, 0.15) is 0 Å². The lowest BCUT2D eigenvalue weighted by Crippen LogP contribution is -1.98. The van der Waals surface area contributed by atoms with Gasteiger partial charge in [0.2, 0.25) is 0 Å². The predicted molar refractivity (Wildman–Crippen MR) is 64.4 cm³/mol. The third kappa shape index (κ3) is 3.48. The van der Waals surface area contributed by atoms with Gasteiger partial charge in [-0.25, -0.2) is 0 Å². The van der Waals surface area contributed by atoms with Gasteiger partial charge >= 0.3 is 0 Å². The first kappa shape index (κ1) is 11.8. The second-order valence-electron chi connectivity index (χ2n) is 5.48. The van der Waals surface area contributed by atoms with Gasteiger partial charge < -0.3 is 0 Å². The van der Waals surface area contributed by atoms with Crippen molar-refractivity contribution in [2.24, 2.45) is 11.3 Å². The second kappa shape index (κ2) is 5.00. The van der Waals surface area contributed by atoms with Crippen LogP contribution in [0.25, 0.3) is 0 Å². The van der Waals surface area contributed by atoms with E-state index in [-0.39, 0.29) is 0 Å². The first-order valence-electron chi connectivity index (χ1n) is 6.27. The molecule has 0 radical (unpaired) electrons. The summed E-state index contributed by atoms with van der Waals surface area (Å²) in [4.78, 5) is 0. The van der Waals surface area contributed by atoms with Gasteiger partial charge in [-0.1, -0.05) is 65.0 Å². The van der Waals surface area contributed by atoms with Crippen molar-refractivity contribution < 1.29 is 0 Å². The van der Waals surface area contributed by atoms with E-state index in [9.17, 15) is 0 Å². The molecule has 2 unspecified atom stereocenters. The van der Waals surface area contributed by atoms with Crippen LogP contribution in [0.15, 0.2) is 12.2 Å². The zero-order chi connectivity index (χ0) is 10.6. The molecule has 1 fully saturated rings. The molecule has 0 amide bonds. The van der Waals surface area contributed by atoms with Crippen LogP contribution in [-0.4, -0.2) is 0 Å². The van der Waals surface area contributed by atoms with Crippen LogP contribution in [0, 0.1) is 11.3 Å². The van der Waals surface area contributed by atoms with Gasteiger partial charge in [0, 0.05) is 0 Å². The summed E-state index contributed by atoms with van der Waals surface area (Å²) in [6, 6.07) is 0. The van der Waals surface area contributed by atoms with Crippen molar-refractivity contribution in [3.63, 3.8) is 0 Å². The Morgan fingerprint density at radius 1 is 1.36 bits per heavy atom. The first-order chi connectivity index (χ1) is 6.58. The van der Waals surface area contributed by atoms with Crippen LogP contribution >= 0.6 is 0 Å². The molecule has 0 heterocycles. The van der Waals surface area contributed by atoms with Crippen LogP contribution in [-0.2, 0) is 0 Å². The monoisotopic (exact) mass is 194 g/mol. The molecule has 0 aromatic rings. The Hall–Kier alpha value is -0.260. The van der Waals surface area contributed by atoms with Crippen molar-refractivity contribution in [1.29, 1.82) is 0 Å². The SMILES string of the molecule is C=C1CC1(C)CCCC(C)CCCC. The molecule has 1 saturated carbocycles. The van der Waals surface area contributed by atoms with Gasteiger partial charge in [0.15, 0.2) is 0 Å². The van der Waals surface area contributed by atoms with Crippen molar-refractivity contribution in [3.8, 4) is 0 Å². The van der Waals surface area contributed by atoms with E-state index in [1.807, 2.05) is 0 Å². The molecule has 0 N–H and O–H groups in total. The fourth-order valence-corrected chi connectivity index (χ4v) is 2.23. The van der Waals surface area contributed by atoms with E-state index in [0.29, 0.717) is 5.41 Å². The maximum Gasteiger partial charge on any atom is -0.00815 e. The van der Waals surface area contributed by atoms with Gasteiger partial charge in [-0.2, -0.15) is 0 Å². The highest BCUT2D eigenvalue weighted by Crippen LogP contribution is 2.54. The van der Waals surface area contributed by atoms with E-state index in [1.54, 1.807) is 0 Å². The van der Waals surface area contributed by atoms with Gasteiger partial charge in [0.25, 0.3) is 0 Å². The van der Waals surface area contributed by atoms with Crippen LogP contribution < -0.4 is 0 Å². The van der Waals surface area contributed by atoms with Crippen molar-refractivity contribution in [2.75, 3.05) is 0 Å². The van der Waals surface area contributed by atoms with Crippen LogP contribution in [0.2, 0.25) is 0 Å². The Morgan fingerprint density at radius 3 is 2.43 bits per heavy atom. The molecule has 0 nitrogen and oxygen atoms in total. The Morgan fingerprint density at radius 2 is 1.93 bits per heavy atom. The number of rotatable bonds is 7. The number of unbranched alkanes of at least 4 members (excludes halogenated alkanes) is 1. The fraction of sp³-hybridized carbons (Fsp3) is 0.857. The summed E-state index contributed by atoms with van der Waals surface area (Å²) in [7, 11) is 0. The molecular weight excluding hydrogens is 168 g/mol. The summed E-state index contributed by atoms with van der Waals surface area (Å²) in [6.45, 7) is 11.1. The lowest BCUT2D eigenvalue weighted by Gasteiger charge is -2.12. The summed E-state index contributed by atoms with van der Waals surface area (Å²) in [5.74, 6) is 0.936. The largest absolute Gasteiger partial charge is 0.0993 e. The topological polar surface area (TPSA) is 0 Å². The summed E-state index contributed by atoms with van der Waals surface area (Å²) < 4.78 is 0.